The fourth-order valence-electron chi connectivity index (χ4n) is 1.57. The van der Waals surface area contributed by atoms with E-state index in [4.69, 9.17) is 5.73 Å². The molecular formula is C10H18N4O4S. The number of hydrogen-bond donors (Lipinski definition) is 3. The van der Waals surface area contributed by atoms with Crippen LogP contribution < -0.4 is 22.3 Å². The van der Waals surface area contributed by atoms with Crippen LogP contribution in [0.25, 0.3) is 0 Å². The van der Waals surface area contributed by atoms with Crippen molar-refractivity contribution in [3.05, 3.63) is 20.8 Å². The number of anilines is 2. The quantitative estimate of drug-likeness (QED) is 0.615. The Hall–Kier alpha value is -1.77. The van der Waals surface area contributed by atoms with Crippen molar-refractivity contribution in [1.29, 1.82) is 0 Å². The average Bonchev–Trinajstić information content (AvgIpc) is 2.27. The maximum atomic E-state index is 11.6. The molecule has 8 nitrogen and oxygen atoms in total. The fourth-order valence-corrected chi connectivity index (χ4v) is 2.04. The maximum absolute atomic E-state index is 11.6. The third-order valence-corrected chi connectivity index (χ3v) is 3.41. The molecule has 19 heavy (non-hydrogen) atoms. The SMILES string of the molecule is CCCn1c(N)c(NCCS(C)(=O)=O)c(=O)[nH]c1=O. The number of rotatable bonds is 6. The molecule has 1 rings (SSSR count). The molecule has 0 bridgehead atoms. The number of H-pyrrole nitrogens is 1. The molecule has 0 unspecified atom stereocenters. The molecule has 1 aromatic rings. The number of hydrogen-bond acceptors (Lipinski definition) is 6. The molecule has 0 atom stereocenters. The molecule has 0 fully saturated rings. The summed E-state index contributed by atoms with van der Waals surface area (Å²) in [4.78, 5) is 25.3. The Balaban J connectivity index is 3.04. The summed E-state index contributed by atoms with van der Waals surface area (Å²) in [6.45, 7) is 2.30. The number of nitrogens with two attached hydrogens (primary N) is 1. The van der Waals surface area contributed by atoms with Gasteiger partial charge in [0.1, 0.15) is 21.3 Å². The minimum Gasteiger partial charge on any atom is -0.383 e. The van der Waals surface area contributed by atoms with Crippen molar-refractivity contribution in [2.45, 2.75) is 19.9 Å². The van der Waals surface area contributed by atoms with Crippen LogP contribution in [0.15, 0.2) is 9.59 Å². The van der Waals surface area contributed by atoms with E-state index in [0.717, 1.165) is 6.26 Å². The molecule has 0 aliphatic carbocycles. The van der Waals surface area contributed by atoms with Crippen molar-refractivity contribution < 1.29 is 8.42 Å². The van der Waals surface area contributed by atoms with Crippen molar-refractivity contribution >= 4 is 21.3 Å². The normalized spacial score (nSPS) is 11.5. The number of aromatic nitrogens is 2. The predicted octanol–water partition coefficient (Wildman–Crippen LogP) is -1.01. The lowest BCUT2D eigenvalue weighted by Gasteiger charge is -2.12. The summed E-state index contributed by atoms with van der Waals surface area (Å²) in [6.07, 6.45) is 1.78. The molecule has 0 radical (unpaired) electrons. The molecule has 1 heterocycles. The smallest absolute Gasteiger partial charge is 0.330 e. The zero-order valence-corrected chi connectivity index (χ0v) is 11.7. The minimum atomic E-state index is -3.13. The van der Waals surface area contributed by atoms with Crippen LogP contribution >= 0.6 is 0 Å². The van der Waals surface area contributed by atoms with Gasteiger partial charge in [0.2, 0.25) is 0 Å². The monoisotopic (exact) mass is 290 g/mol. The van der Waals surface area contributed by atoms with Crippen molar-refractivity contribution in [1.82, 2.24) is 9.55 Å². The van der Waals surface area contributed by atoms with Crippen LogP contribution in [0.5, 0.6) is 0 Å². The first kappa shape index (κ1) is 15.3. The number of sulfone groups is 1. The minimum absolute atomic E-state index is 0.0177. The number of nitrogens with one attached hydrogen (secondary N) is 2. The second-order valence-electron chi connectivity index (χ2n) is 4.23. The predicted molar refractivity (Wildman–Crippen MR) is 74.2 cm³/mol. The Morgan fingerprint density at radius 1 is 1.37 bits per heavy atom. The van der Waals surface area contributed by atoms with Gasteiger partial charge in [-0.1, -0.05) is 6.92 Å². The molecule has 9 heteroatoms. The Labute approximate surface area is 110 Å². The lowest BCUT2D eigenvalue weighted by molar-refractivity contribution is 0.602. The van der Waals surface area contributed by atoms with Gasteiger partial charge in [0.25, 0.3) is 5.56 Å². The van der Waals surface area contributed by atoms with Crippen LogP contribution in [0.1, 0.15) is 13.3 Å². The van der Waals surface area contributed by atoms with Crippen molar-refractivity contribution in [3.8, 4) is 0 Å². The van der Waals surface area contributed by atoms with Crippen LogP contribution in [0.4, 0.5) is 11.5 Å². The van der Waals surface area contributed by atoms with Gasteiger partial charge in [-0.3, -0.25) is 14.3 Å². The van der Waals surface area contributed by atoms with Gasteiger partial charge < -0.3 is 11.1 Å². The second-order valence-corrected chi connectivity index (χ2v) is 6.49. The number of nitrogen functional groups attached to an aromatic ring is 1. The van der Waals surface area contributed by atoms with Crippen LogP contribution in [-0.4, -0.2) is 36.5 Å². The van der Waals surface area contributed by atoms with Gasteiger partial charge in [0, 0.05) is 19.3 Å². The lowest BCUT2D eigenvalue weighted by Crippen LogP contribution is -2.34. The van der Waals surface area contributed by atoms with E-state index in [9.17, 15) is 18.0 Å². The van der Waals surface area contributed by atoms with Crippen LogP contribution in [-0.2, 0) is 16.4 Å². The van der Waals surface area contributed by atoms with Crippen LogP contribution in [0.3, 0.4) is 0 Å². The summed E-state index contributed by atoms with van der Waals surface area (Å²) in [7, 11) is -3.13. The van der Waals surface area contributed by atoms with E-state index >= 15 is 0 Å². The standard InChI is InChI=1S/C10H18N4O4S/c1-3-5-14-8(11)7(9(15)13-10(14)16)12-4-6-19(2,17)18/h12H,3-6,11H2,1-2H3,(H,13,15,16). The first-order valence-corrected chi connectivity index (χ1v) is 7.86. The first-order chi connectivity index (χ1) is 8.76. The van der Waals surface area contributed by atoms with E-state index in [2.05, 4.69) is 10.3 Å². The second kappa shape index (κ2) is 5.91. The highest BCUT2D eigenvalue weighted by Crippen LogP contribution is 2.09. The molecule has 4 N–H and O–H groups in total. The number of aromatic amines is 1. The molecule has 0 saturated heterocycles. The zero-order chi connectivity index (χ0) is 14.6. The highest BCUT2D eigenvalue weighted by atomic mass is 32.2. The first-order valence-electron chi connectivity index (χ1n) is 5.80. The van der Waals surface area contributed by atoms with Gasteiger partial charge in [-0.25, -0.2) is 13.2 Å². The van der Waals surface area contributed by atoms with E-state index in [0.29, 0.717) is 13.0 Å². The van der Waals surface area contributed by atoms with E-state index in [-0.39, 0.29) is 23.8 Å². The lowest BCUT2D eigenvalue weighted by atomic mass is 10.4. The molecule has 0 amide bonds. The summed E-state index contributed by atoms with van der Waals surface area (Å²) in [5.74, 6) is -0.109. The number of nitrogens with zero attached hydrogens (tertiary/aromatic N) is 1. The van der Waals surface area contributed by atoms with Gasteiger partial charge in [-0.2, -0.15) is 0 Å². The van der Waals surface area contributed by atoms with Gasteiger partial charge in [-0.15, -0.1) is 0 Å². The van der Waals surface area contributed by atoms with E-state index in [1.54, 1.807) is 0 Å². The van der Waals surface area contributed by atoms with Gasteiger partial charge in [-0.05, 0) is 6.42 Å². The fraction of sp³-hybridized carbons (Fsp3) is 0.600. The topological polar surface area (TPSA) is 127 Å². The van der Waals surface area contributed by atoms with Crippen LogP contribution in [0.2, 0.25) is 0 Å². The zero-order valence-electron chi connectivity index (χ0n) is 10.9. The summed E-state index contributed by atoms with van der Waals surface area (Å²) < 4.78 is 23.2. The summed E-state index contributed by atoms with van der Waals surface area (Å²) in [5, 5.41) is 2.66. The molecule has 0 aliphatic heterocycles. The van der Waals surface area contributed by atoms with Gasteiger partial charge in [0.15, 0.2) is 0 Å². The maximum Gasteiger partial charge on any atom is 0.330 e. The summed E-state index contributed by atoms with van der Waals surface area (Å²) in [5.41, 5.74) is 4.56. The molecule has 0 aromatic carbocycles. The van der Waals surface area contributed by atoms with Gasteiger partial charge in [0.05, 0.1) is 5.75 Å². The Morgan fingerprint density at radius 2 is 2.00 bits per heavy atom. The average molecular weight is 290 g/mol. The van der Waals surface area contributed by atoms with Crippen molar-refractivity contribution in [2.24, 2.45) is 0 Å². The third-order valence-electron chi connectivity index (χ3n) is 2.46. The molecule has 0 spiro atoms. The van der Waals surface area contributed by atoms with E-state index in [1.807, 2.05) is 6.92 Å². The van der Waals surface area contributed by atoms with E-state index < -0.39 is 21.1 Å². The van der Waals surface area contributed by atoms with Gasteiger partial charge >= 0.3 is 5.69 Å². The Kier molecular flexibility index (Phi) is 4.76. The highest BCUT2D eigenvalue weighted by Gasteiger charge is 2.12. The summed E-state index contributed by atoms with van der Waals surface area (Å²) >= 11 is 0. The van der Waals surface area contributed by atoms with E-state index in [1.165, 1.54) is 4.57 Å². The highest BCUT2D eigenvalue weighted by molar-refractivity contribution is 7.90. The third kappa shape index (κ3) is 4.12. The molecule has 108 valence electrons. The molecular weight excluding hydrogens is 272 g/mol. The van der Waals surface area contributed by atoms with Crippen LogP contribution in [0, 0.1) is 0 Å². The molecule has 1 aromatic heterocycles. The summed E-state index contributed by atoms with van der Waals surface area (Å²) in [6, 6.07) is 0. The van der Waals surface area contributed by atoms with Crippen molar-refractivity contribution in [3.63, 3.8) is 0 Å². The molecule has 0 saturated carbocycles. The molecule has 0 aliphatic rings. The Morgan fingerprint density at radius 3 is 2.53 bits per heavy atom. The Bertz CT molecular complexity index is 659. The largest absolute Gasteiger partial charge is 0.383 e. The van der Waals surface area contributed by atoms with Crippen molar-refractivity contribution in [2.75, 3.05) is 29.6 Å².